The summed E-state index contributed by atoms with van der Waals surface area (Å²) in [5.41, 5.74) is 2.25. The van der Waals surface area contributed by atoms with Gasteiger partial charge in [0.25, 0.3) is 5.91 Å². The smallest absolute Gasteiger partial charge is 0.335 e. The van der Waals surface area contributed by atoms with Gasteiger partial charge in [-0.2, -0.15) is 10.1 Å². The van der Waals surface area contributed by atoms with Crippen molar-refractivity contribution in [3.63, 3.8) is 0 Å². The molecule has 0 aliphatic carbocycles. The number of rotatable bonds is 5. The Morgan fingerprint density at radius 3 is 2.41 bits per heavy atom. The normalized spacial score (nSPS) is 15.3. The number of carboxylic acids is 1. The molecule has 162 valence electrons. The minimum atomic E-state index is -2.50. The molecule has 1 aliphatic rings. The quantitative estimate of drug-likeness (QED) is 0.451. The Kier molecular flexibility index (Phi) is 5.45. The third-order valence-electron chi connectivity index (χ3n) is 5.08. The van der Waals surface area contributed by atoms with E-state index in [1.165, 1.54) is 29.3 Å². The van der Waals surface area contributed by atoms with Crippen LogP contribution in [0.5, 0.6) is 0 Å². The zero-order chi connectivity index (χ0) is 23.0. The molecule has 2 heterocycles. The van der Waals surface area contributed by atoms with Crippen LogP contribution in [0.25, 0.3) is 17.4 Å². The Labute approximate surface area is 185 Å². The first kappa shape index (κ1) is 21.5. The van der Waals surface area contributed by atoms with Gasteiger partial charge in [0.15, 0.2) is 0 Å². The summed E-state index contributed by atoms with van der Waals surface area (Å²) in [6.45, 7) is 5.15. The highest BCUT2D eigenvalue weighted by molar-refractivity contribution is 7.70. The maximum atomic E-state index is 13.0. The molecule has 0 radical (unpaired) electrons. The predicted molar refractivity (Wildman–Crippen MR) is 125 cm³/mol. The fraction of sp³-hybridized carbons (Fsp3) is 0.125. The van der Waals surface area contributed by atoms with E-state index >= 15 is 0 Å². The van der Waals surface area contributed by atoms with Gasteiger partial charge in [0, 0.05) is 10.9 Å². The summed E-state index contributed by atoms with van der Waals surface area (Å²) in [5, 5.41) is 15.3. The van der Waals surface area contributed by atoms with Crippen LogP contribution in [0.1, 0.15) is 23.0 Å². The Morgan fingerprint density at radius 2 is 1.75 bits per heavy atom. The van der Waals surface area contributed by atoms with Crippen molar-refractivity contribution in [2.24, 2.45) is 5.10 Å². The summed E-state index contributed by atoms with van der Waals surface area (Å²) >= 11 is 0. The summed E-state index contributed by atoms with van der Waals surface area (Å²) < 4.78 is 18.6. The minimum absolute atomic E-state index is 0.129. The zero-order valence-corrected chi connectivity index (χ0v) is 18.7. The van der Waals surface area contributed by atoms with Crippen molar-refractivity contribution in [3.05, 3.63) is 77.6 Å². The van der Waals surface area contributed by atoms with Gasteiger partial charge in [0.05, 0.1) is 22.5 Å². The summed E-state index contributed by atoms with van der Waals surface area (Å²) in [6, 6.07) is 16.9. The van der Waals surface area contributed by atoms with Crippen molar-refractivity contribution < 1.29 is 23.7 Å². The lowest BCUT2D eigenvalue weighted by Crippen LogP contribution is -2.21. The van der Waals surface area contributed by atoms with E-state index in [0.717, 1.165) is 10.9 Å². The second-order valence-corrected chi connectivity index (χ2v) is 11.0. The third-order valence-corrected chi connectivity index (χ3v) is 6.63. The Bertz CT molecular complexity index is 1330. The molecule has 32 heavy (non-hydrogen) atoms. The molecule has 7 nitrogen and oxygen atoms in total. The molecule has 8 heteroatoms. The number of carboxylic acid groups (broad SMARTS) is 1. The molecular formula is C24H21N2O5P. The van der Waals surface area contributed by atoms with E-state index in [-0.39, 0.29) is 11.5 Å². The number of amides is 1. The van der Waals surface area contributed by atoms with E-state index in [2.05, 4.69) is 5.10 Å². The highest BCUT2D eigenvalue weighted by Crippen LogP contribution is 2.39. The number of hydrogen-bond donors (Lipinski definition) is 1. The monoisotopic (exact) mass is 448 g/mol. The molecule has 0 fully saturated rings. The molecule has 2 aromatic carbocycles. The molecule has 1 aromatic heterocycles. The van der Waals surface area contributed by atoms with Gasteiger partial charge in [-0.05, 0) is 62.7 Å². The molecular weight excluding hydrogens is 427 g/mol. The van der Waals surface area contributed by atoms with Gasteiger partial charge < -0.3 is 14.1 Å². The van der Waals surface area contributed by atoms with Crippen molar-refractivity contribution in [2.45, 2.75) is 6.92 Å². The largest absolute Gasteiger partial charge is 0.478 e. The molecule has 1 aliphatic heterocycles. The highest BCUT2D eigenvalue weighted by Gasteiger charge is 2.29. The van der Waals surface area contributed by atoms with E-state index in [0.29, 0.717) is 28.5 Å². The first-order chi connectivity index (χ1) is 15.1. The van der Waals surface area contributed by atoms with Crippen LogP contribution in [0.2, 0.25) is 0 Å². The van der Waals surface area contributed by atoms with Crippen LogP contribution in [-0.2, 0) is 9.36 Å². The summed E-state index contributed by atoms with van der Waals surface area (Å²) in [7, 11) is -2.50. The standard InChI is InChI=1S/C24H21N2O5P/c1-15-20(23(27)26(25-15)17-10-8-16(9-11-17)24(28)29)14-18-12-13-21(31-18)19-6-4-5-7-22(19)32(2,3)30/h4-14H,1-3H3,(H,28,29). The molecule has 1 N–H and O–H groups in total. The third kappa shape index (κ3) is 4.07. The van der Waals surface area contributed by atoms with Crippen LogP contribution in [-0.4, -0.2) is 36.0 Å². The summed E-state index contributed by atoms with van der Waals surface area (Å²) in [5.74, 6) is -0.340. The SMILES string of the molecule is CC1=NN(c2ccc(C(=O)O)cc2)C(=O)C1=Cc1ccc(-c2ccccc2P(C)(C)=O)o1. The van der Waals surface area contributed by atoms with E-state index in [4.69, 9.17) is 9.52 Å². The van der Waals surface area contributed by atoms with Gasteiger partial charge in [-0.25, -0.2) is 4.79 Å². The minimum Gasteiger partial charge on any atom is -0.478 e. The van der Waals surface area contributed by atoms with Crippen molar-refractivity contribution in [1.29, 1.82) is 0 Å². The van der Waals surface area contributed by atoms with E-state index in [1.54, 1.807) is 38.5 Å². The number of aromatic carboxylic acids is 1. The molecule has 0 bridgehead atoms. The van der Waals surface area contributed by atoms with Gasteiger partial charge in [0.2, 0.25) is 0 Å². The van der Waals surface area contributed by atoms with Gasteiger partial charge in [-0.3, -0.25) is 4.79 Å². The van der Waals surface area contributed by atoms with Gasteiger partial charge in [-0.1, -0.05) is 24.3 Å². The molecule has 0 saturated heterocycles. The summed E-state index contributed by atoms with van der Waals surface area (Å²) in [6.07, 6.45) is 1.62. The van der Waals surface area contributed by atoms with E-state index in [9.17, 15) is 14.2 Å². The van der Waals surface area contributed by atoms with Crippen molar-refractivity contribution >= 4 is 41.8 Å². The number of carbonyl (C=O) groups excluding carboxylic acids is 1. The van der Waals surface area contributed by atoms with Crippen LogP contribution < -0.4 is 10.3 Å². The number of hydrazone groups is 1. The lowest BCUT2D eigenvalue weighted by molar-refractivity contribution is -0.114. The number of carbonyl (C=O) groups is 2. The molecule has 1 amide bonds. The number of hydrogen-bond acceptors (Lipinski definition) is 5. The zero-order valence-electron chi connectivity index (χ0n) is 17.8. The first-order valence-corrected chi connectivity index (χ1v) is 12.4. The van der Waals surface area contributed by atoms with Crippen molar-refractivity contribution in [3.8, 4) is 11.3 Å². The highest BCUT2D eigenvalue weighted by atomic mass is 31.2. The maximum absolute atomic E-state index is 13.0. The van der Waals surface area contributed by atoms with Crippen molar-refractivity contribution in [2.75, 3.05) is 18.3 Å². The molecule has 0 spiro atoms. The molecule has 0 atom stereocenters. The average Bonchev–Trinajstić information content (AvgIpc) is 3.33. The number of nitrogens with zero attached hydrogens (tertiary/aromatic N) is 2. The first-order valence-electron chi connectivity index (χ1n) is 9.85. The lowest BCUT2D eigenvalue weighted by Gasteiger charge is -2.11. The molecule has 0 unspecified atom stereocenters. The van der Waals surface area contributed by atoms with Crippen LogP contribution in [0.15, 0.2) is 75.8 Å². The Morgan fingerprint density at radius 1 is 1.06 bits per heavy atom. The van der Waals surface area contributed by atoms with Gasteiger partial charge in [-0.15, -0.1) is 0 Å². The summed E-state index contributed by atoms with van der Waals surface area (Å²) in [4.78, 5) is 24.0. The topological polar surface area (TPSA) is 100 Å². The Balaban J connectivity index is 1.63. The second kappa shape index (κ2) is 8.09. The van der Waals surface area contributed by atoms with Crippen LogP contribution >= 0.6 is 7.14 Å². The Hall–Kier alpha value is -3.70. The van der Waals surface area contributed by atoms with E-state index < -0.39 is 13.1 Å². The molecule has 0 saturated carbocycles. The lowest BCUT2D eigenvalue weighted by atomic mass is 10.1. The average molecular weight is 448 g/mol. The van der Waals surface area contributed by atoms with Gasteiger partial charge >= 0.3 is 5.97 Å². The fourth-order valence-electron chi connectivity index (χ4n) is 3.47. The second-order valence-electron chi connectivity index (χ2n) is 7.78. The van der Waals surface area contributed by atoms with Crippen LogP contribution in [0, 0.1) is 0 Å². The van der Waals surface area contributed by atoms with Crippen molar-refractivity contribution in [1.82, 2.24) is 0 Å². The fourth-order valence-corrected chi connectivity index (χ4v) is 4.68. The number of benzene rings is 2. The van der Waals surface area contributed by atoms with Crippen LogP contribution in [0.3, 0.4) is 0 Å². The van der Waals surface area contributed by atoms with Gasteiger partial charge in [0.1, 0.15) is 18.7 Å². The van der Waals surface area contributed by atoms with E-state index in [1.807, 2.05) is 24.3 Å². The maximum Gasteiger partial charge on any atom is 0.335 e. The van der Waals surface area contributed by atoms with Crippen LogP contribution in [0.4, 0.5) is 5.69 Å². The number of anilines is 1. The molecule has 3 aromatic rings. The predicted octanol–water partition coefficient (Wildman–Crippen LogP) is 4.70. The molecule has 4 rings (SSSR count). The number of furan rings is 1.